The van der Waals surface area contributed by atoms with E-state index in [1.54, 1.807) is 18.2 Å². The van der Waals surface area contributed by atoms with Crippen molar-refractivity contribution in [3.05, 3.63) is 23.2 Å². The molecule has 0 atom stereocenters. The molecule has 4 nitrogen and oxygen atoms in total. The van der Waals surface area contributed by atoms with Crippen molar-refractivity contribution >= 4 is 23.3 Å². The van der Waals surface area contributed by atoms with Gasteiger partial charge in [-0.25, -0.2) is 4.79 Å². The number of nitrogens with one attached hydrogen (secondary N) is 2. The number of urea groups is 1. The smallest absolute Gasteiger partial charge is 0.320 e. The van der Waals surface area contributed by atoms with Crippen LogP contribution in [0.25, 0.3) is 0 Å². The van der Waals surface area contributed by atoms with E-state index in [2.05, 4.69) is 16.6 Å². The summed E-state index contributed by atoms with van der Waals surface area (Å²) < 4.78 is 5.06. The Hall–Kier alpha value is -1.86. The molecule has 1 aromatic carbocycles. The molecule has 2 amide bonds. The highest BCUT2D eigenvalue weighted by molar-refractivity contribution is 6.31. The molecular weight excluding hydrogens is 228 g/mol. The largest absolute Gasteiger partial charge is 0.495 e. The van der Waals surface area contributed by atoms with E-state index in [1.165, 1.54) is 7.11 Å². The van der Waals surface area contributed by atoms with Crippen LogP contribution in [0.3, 0.4) is 0 Å². The molecule has 0 heterocycles. The van der Waals surface area contributed by atoms with Crippen molar-refractivity contribution in [2.75, 3.05) is 19.0 Å². The maximum Gasteiger partial charge on any atom is 0.320 e. The minimum absolute atomic E-state index is 0.161. The zero-order valence-electron chi connectivity index (χ0n) is 8.71. The predicted molar refractivity (Wildman–Crippen MR) is 63.9 cm³/mol. The zero-order valence-corrected chi connectivity index (χ0v) is 9.47. The third-order valence-electron chi connectivity index (χ3n) is 1.76. The maximum atomic E-state index is 11.3. The van der Waals surface area contributed by atoms with Crippen LogP contribution in [-0.4, -0.2) is 19.7 Å². The zero-order chi connectivity index (χ0) is 12.0. The first-order valence-corrected chi connectivity index (χ1v) is 4.87. The Bertz CT molecular complexity index is 426. The van der Waals surface area contributed by atoms with E-state index < -0.39 is 6.03 Å². The van der Waals surface area contributed by atoms with Crippen LogP contribution in [0.1, 0.15) is 0 Å². The minimum atomic E-state index is -0.404. The van der Waals surface area contributed by atoms with Crippen molar-refractivity contribution in [3.63, 3.8) is 0 Å². The lowest BCUT2D eigenvalue weighted by Crippen LogP contribution is -2.29. The highest BCUT2D eigenvalue weighted by atomic mass is 35.5. The summed E-state index contributed by atoms with van der Waals surface area (Å²) in [7, 11) is 1.51. The number of rotatable bonds is 3. The highest BCUT2D eigenvalue weighted by Gasteiger charge is 2.06. The number of hydrogen-bond donors (Lipinski definition) is 2. The molecule has 0 aliphatic heterocycles. The van der Waals surface area contributed by atoms with E-state index in [0.29, 0.717) is 16.5 Å². The lowest BCUT2D eigenvalue weighted by Gasteiger charge is -2.10. The standard InChI is InChI=1S/C11H11ClN2O2/c1-3-6-13-11(15)14-9-7-8(12)4-5-10(9)16-2/h1,4-5,7H,6H2,2H3,(H2,13,14,15). The van der Waals surface area contributed by atoms with Gasteiger partial charge in [-0.15, -0.1) is 6.42 Å². The van der Waals surface area contributed by atoms with Crippen LogP contribution in [0, 0.1) is 12.3 Å². The Kier molecular flexibility index (Phi) is 4.49. The first-order valence-electron chi connectivity index (χ1n) is 4.49. The molecule has 0 aromatic heterocycles. The second-order valence-corrected chi connectivity index (χ2v) is 3.29. The summed E-state index contributed by atoms with van der Waals surface area (Å²) in [5, 5.41) is 5.56. The van der Waals surface area contributed by atoms with Gasteiger partial charge >= 0.3 is 6.03 Å². The lowest BCUT2D eigenvalue weighted by atomic mass is 10.3. The van der Waals surface area contributed by atoms with E-state index in [4.69, 9.17) is 22.8 Å². The predicted octanol–water partition coefficient (Wildman–Crippen LogP) is 2.10. The third-order valence-corrected chi connectivity index (χ3v) is 2.00. The summed E-state index contributed by atoms with van der Waals surface area (Å²) in [6.45, 7) is 0.161. The molecule has 0 fully saturated rings. The average molecular weight is 239 g/mol. The quantitative estimate of drug-likeness (QED) is 0.793. The fourth-order valence-electron chi connectivity index (χ4n) is 1.08. The van der Waals surface area contributed by atoms with Gasteiger partial charge in [0.15, 0.2) is 0 Å². The molecule has 0 saturated heterocycles. The number of terminal acetylenes is 1. The molecule has 84 valence electrons. The van der Waals surface area contributed by atoms with Crippen molar-refractivity contribution in [1.29, 1.82) is 0 Å². The van der Waals surface area contributed by atoms with Crippen LogP contribution >= 0.6 is 11.6 Å². The number of anilines is 1. The fraction of sp³-hybridized carbons (Fsp3) is 0.182. The summed E-state index contributed by atoms with van der Waals surface area (Å²) in [5.74, 6) is 2.82. The van der Waals surface area contributed by atoms with Gasteiger partial charge in [-0.2, -0.15) is 0 Å². The summed E-state index contributed by atoms with van der Waals surface area (Å²) in [6, 6.07) is 4.53. The molecule has 1 aromatic rings. The molecule has 0 spiro atoms. The van der Waals surface area contributed by atoms with Gasteiger partial charge in [0.25, 0.3) is 0 Å². The van der Waals surface area contributed by atoms with Gasteiger partial charge in [0.05, 0.1) is 19.3 Å². The van der Waals surface area contributed by atoms with Gasteiger partial charge in [-0.05, 0) is 18.2 Å². The maximum absolute atomic E-state index is 11.3. The number of methoxy groups -OCH3 is 1. The molecular formula is C11H11ClN2O2. The van der Waals surface area contributed by atoms with Crippen LogP contribution < -0.4 is 15.4 Å². The first-order chi connectivity index (χ1) is 7.67. The van der Waals surface area contributed by atoms with Crippen LogP contribution in [0.15, 0.2) is 18.2 Å². The number of hydrogen-bond acceptors (Lipinski definition) is 2. The van der Waals surface area contributed by atoms with Crippen LogP contribution in [0.5, 0.6) is 5.75 Å². The summed E-state index contributed by atoms with van der Waals surface area (Å²) in [6.07, 6.45) is 5.01. The average Bonchev–Trinajstić information content (AvgIpc) is 2.27. The Morgan fingerprint density at radius 1 is 1.62 bits per heavy atom. The summed E-state index contributed by atoms with van der Waals surface area (Å²) >= 11 is 5.80. The van der Waals surface area contributed by atoms with Gasteiger partial charge in [0.1, 0.15) is 5.75 Å². The molecule has 0 bridgehead atoms. The second-order valence-electron chi connectivity index (χ2n) is 2.86. The number of amides is 2. The molecule has 16 heavy (non-hydrogen) atoms. The van der Waals surface area contributed by atoms with Gasteiger partial charge < -0.3 is 15.4 Å². The van der Waals surface area contributed by atoms with E-state index in [0.717, 1.165) is 0 Å². The van der Waals surface area contributed by atoms with Crippen molar-refractivity contribution in [2.24, 2.45) is 0 Å². The van der Waals surface area contributed by atoms with E-state index in [1.807, 2.05) is 0 Å². The Morgan fingerprint density at radius 3 is 3.00 bits per heavy atom. The lowest BCUT2D eigenvalue weighted by molar-refractivity contribution is 0.253. The topological polar surface area (TPSA) is 50.4 Å². The molecule has 0 saturated carbocycles. The Morgan fingerprint density at radius 2 is 2.38 bits per heavy atom. The van der Waals surface area contributed by atoms with Crippen molar-refractivity contribution < 1.29 is 9.53 Å². The highest BCUT2D eigenvalue weighted by Crippen LogP contribution is 2.27. The van der Waals surface area contributed by atoms with E-state index in [-0.39, 0.29) is 6.54 Å². The second kappa shape index (κ2) is 5.89. The number of carbonyl (C=O) groups excluding carboxylic acids is 1. The summed E-state index contributed by atoms with van der Waals surface area (Å²) in [5.41, 5.74) is 0.490. The van der Waals surface area contributed by atoms with E-state index >= 15 is 0 Å². The van der Waals surface area contributed by atoms with Crippen molar-refractivity contribution in [1.82, 2.24) is 5.32 Å². The SMILES string of the molecule is C#CCNC(=O)Nc1cc(Cl)ccc1OC. The van der Waals surface area contributed by atoms with Crippen molar-refractivity contribution in [3.8, 4) is 18.1 Å². The Balaban J connectivity index is 2.76. The molecule has 0 aliphatic rings. The molecule has 0 unspecified atom stereocenters. The Labute approximate surface area is 98.9 Å². The molecule has 5 heteroatoms. The number of ether oxygens (including phenoxy) is 1. The van der Waals surface area contributed by atoms with Crippen LogP contribution in [-0.2, 0) is 0 Å². The first kappa shape index (κ1) is 12.2. The van der Waals surface area contributed by atoms with E-state index in [9.17, 15) is 4.79 Å². The van der Waals surface area contributed by atoms with Crippen LogP contribution in [0.4, 0.5) is 10.5 Å². The fourth-order valence-corrected chi connectivity index (χ4v) is 1.25. The number of benzene rings is 1. The van der Waals surface area contributed by atoms with Crippen molar-refractivity contribution in [2.45, 2.75) is 0 Å². The van der Waals surface area contributed by atoms with Crippen LogP contribution in [0.2, 0.25) is 5.02 Å². The number of carbonyl (C=O) groups is 1. The third kappa shape index (κ3) is 3.37. The monoisotopic (exact) mass is 238 g/mol. The minimum Gasteiger partial charge on any atom is -0.495 e. The van der Waals surface area contributed by atoms with Gasteiger partial charge in [-0.3, -0.25) is 0 Å². The summed E-state index contributed by atoms with van der Waals surface area (Å²) in [4.78, 5) is 11.3. The number of halogens is 1. The molecule has 2 N–H and O–H groups in total. The normalized spacial score (nSPS) is 9.06. The van der Waals surface area contributed by atoms with Gasteiger partial charge in [0.2, 0.25) is 0 Å². The van der Waals surface area contributed by atoms with Gasteiger partial charge in [-0.1, -0.05) is 17.5 Å². The molecule has 1 rings (SSSR count). The molecule has 0 aliphatic carbocycles. The molecule has 0 radical (unpaired) electrons. The van der Waals surface area contributed by atoms with Gasteiger partial charge in [0, 0.05) is 5.02 Å².